The molecule has 0 saturated carbocycles. The van der Waals surface area contributed by atoms with Crippen LogP contribution in [0.4, 0.5) is 5.82 Å². The van der Waals surface area contributed by atoms with Crippen molar-refractivity contribution in [1.82, 2.24) is 9.78 Å². The van der Waals surface area contributed by atoms with Crippen LogP contribution in [0.2, 0.25) is 0 Å². The Kier molecular flexibility index (Phi) is 2.98. The third kappa shape index (κ3) is 2.27. The van der Waals surface area contributed by atoms with Crippen molar-refractivity contribution in [3.8, 4) is 0 Å². The zero-order valence-corrected chi connectivity index (χ0v) is 10.9. The lowest BCUT2D eigenvalue weighted by Gasteiger charge is -2.09. The minimum Gasteiger partial charge on any atom is -0.453 e. The third-order valence-electron chi connectivity index (χ3n) is 3.13. The lowest BCUT2D eigenvalue weighted by molar-refractivity contribution is -0.118. The number of carbonyl (C=O) groups excluding carboxylic acids is 2. The quantitative estimate of drug-likeness (QED) is 0.862. The minimum absolute atomic E-state index is 0.0827. The smallest absolute Gasteiger partial charge is 0.339 e. The van der Waals surface area contributed by atoms with Crippen LogP contribution in [-0.4, -0.2) is 21.7 Å². The molecule has 0 bridgehead atoms. The van der Waals surface area contributed by atoms with Crippen LogP contribution in [0, 0.1) is 0 Å². The maximum Gasteiger partial charge on any atom is 0.339 e. The molecular formula is C14H13N3O3. The van der Waals surface area contributed by atoms with Crippen molar-refractivity contribution in [2.45, 2.75) is 12.5 Å². The summed E-state index contributed by atoms with van der Waals surface area (Å²) in [7, 11) is 1.77. The molecule has 1 atom stereocenters. The van der Waals surface area contributed by atoms with E-state index in [0.717, 1.165) is 5.56 Å². The molecule has 0 saturated heterocycles. The van der Waals surface area contributed by atoms with Crippen molar-refractivity contribution in [2.75, 3.05) is 5.32 Å². The highest BCUT2D eigenvalue weighted by Crippen LogP contribution is 2.32. The second kappa shape index (κ2) is 4.80. The van der Waals surface area contributed by atoms with Crippen LogP contribution in [-0.2, 0) is 16.6 Å². The van der Waals surface area contributed by atoms with Gasteiger partial charge in [-0.3, -0.25) is 9.48 Å². The van der Waals surface area contributed by atoms with Crippen LogP contribution < -0.4 is 5.32 Å². The van der Waals surface area contributed by atoms with Crippen LogP contribution in [0.15, 0.2) is 36.5 Å². The van der Waals surface area contributed by atoms with E-state index in [0.29, 0.717) is 11.4 Å². The molecule has 1 N–H and O–H groups in total. The summed E-state index contributed by atoms with van der Waals surface area (Å²) >= 11 is 0. The van der Waals surface area contributed by atoms with E-state index in [1.807, 2.05) is 6.07 Å². The Hall–Kier alpha value is -2.63. The predicted molar refractivity (Wildman–Crippen MR) is 71.1 cm³/mol. The number of ether oxygens (including phenoxy) is 1. The molecule has 1 aromatic carbocycles. The molecule has 0 unspecified atom stereocenters. The average Bonchev–Trinajstić information content (AvgIpc) is 2.95. The molecule has 1 amide bonds. The van der Waals surface area contributed by atoms with Gasteiger partial charge in [-0.15, -0.1) is 0 Å². The van der Waals surface area contributed by atoms with Crippen molar-refractivity contribution in [1.29, 1.82) is 0 Å². The molecule has 0 radical (unpaired) electrons. The molecule has 6 nitrogen and oxygen atoms in total. The number of aromatic nitrogens is 2. The summed E-state index contributed by atoms with van der Waals surface area (Å²) in [6, 6.07) is 8.81. The topological polar surface area (TPSA) is 73.2 Å². The van der Waals surface area contributed by atoms with Gasteiger partial charge in [-0.1, -0.05) is 18.2 Å². The molecule has 0 fully saturated rings. The highest BCUT2D eigenvalue weighted by molar-refractivity contribution is 5.96. The lowest BCUT2D eigenvalue weighted by Crippen LogP contribution is -2.16. The Bertz CT molecular complexity index is 678. The predicted octanol–water partition coefficient (Wildman–Crippen LogP) is 1.66. The molecule has 102 valence electrons. The summed E-state index contributed by atoms with van der Waals surface area (Å²) in [5.41, 5.74) is 1.29. The molecule has 1 aromatic heterocycles. The Morgan fingerprint density at radius 2 is 2.20 bits per heavy atom. The minimum atomic E-state index is -0.526. The molecule has 0 aliphatic carbocycles. The zero-order chi connectivity index (χ0) is 14.1. The Morgan fingerprint density at radius 1 is 1.40 bits per heavy atom. The maximum absolute atomic E-state index is 11.9. The first-order chi connectivity index (χ1) is 9.63. The van der Waals surface area contributed by atoms with Gasteiger partial charge >= 0.3 is 5.97 Å². The highest BCUT2D eigenvalue weighted by Gasteiger charge is 2.32. The first-order valence-corrected chi connectivity index (χ1v) is 6.23. The Morgan fingerprint density at radius 3 is 2.95 bits per heavy atom. The van der Waals surface area contributed by atoms with Crippen molar-refractivity contribution in [2.24, 2.45) is 7.05 Å². The molecule has 2 heterocycles. The van der Waals surface area contributed by atoms with Gasteiger partial charge in [0.25, 0.3) is 0 Å². The van der Waals surface area contributed by atoms with Gasteiger partial charge in [0.2, 0.25) is 5.91 Å². The zero-order valence-electron chi connectivity index (χ0n) is 10.9. The molecule has 3 rings (SSSR count). The number of fused-ring (bicyclic) bond motifs is 1. The SMILES string of the molecule is Cn1ccc(NC(=O)C[C@@H]2OC(=O)c3ccccc32)n1. The number of hydrogen-bond donors (Lipinski definition) is 1. The van der Waals surface area contributed by atoms with Crippen molar-refractivity contribution < 1.29 is 14.3 Å². The van der Waals surface area contributed by atoms with E-state index < -0.39 is 6.10 Å². The van der Waals surface area contributed by atoms with Crippen LogP contribution in [0.25, 0.3) is 0 Å². The molecule has 2 aromatic rings. The Labute approximate surface area is 115 Å². The summed E-state index contributed by atoms with van der Waals surface area (Å²) < 4.78 is 6.82. The van der Waals surface area contributed by atoms with Crippen LogP contribution >= 0.6 is 0 Å². The fourth-order valence-electron chi connectivity index (χ4n) is 2.22. The number of rotatable bonds is 3. The van der Waals surface area contributed by atoms with E-state index in [9.17, 15) is 9.59 Å². The fourth-order valence-corrected chi connectivity index (χ4v) is 2.22. The van der Waals surface area contributed by atoms with E-state index in [-0.39, 0.29) is 18.3 Å². The summed E-state index contributed by atoms with van der Waals surface area (Å²) in [5.74, 6) is -0.135. The molecule has 1 aliphatic heterocycles. The first kappa shape index (κ1) is 12.4. The number of carbonyl (C=O) groups is 2. The number of nitrogens with one attached hydrogen (secondary N) is 1. The van der Waals surface area contributed by atoms with Gasteiger partial charge < -0.3 is 10.1 Å². The summed E-state index contributed by atoms with van der Waals surface area (Å²) in [4.78, 5) is 23.6. The second-order valence-electron chi connectivity index (χ2n) is 4.61. The number of anilines is 1. The van der Waals surface area contributed by atoms with Gasteiger partial charge in [0.05, 0.1) is 12.0 Å². The van der Waals surface area contributed by atoms with E-state index >= 15 is 0 Å². The number of aryl methyl sites for hydroxylation is 1. The van der Waals surface area contributed by atoms with Crippen molar-refractivity contribution in [3.63, 3.8) is 0 Å². The largest absolute Gasteiger partial charge is 0.453 e. The van der Waals surface area contributed by atoms with Gasteiger partial charge in [-0.2, -0.15) is 5.10 Å². The number of amides is 1. The average molecular weight is 271 g/mol. The molecule has 6 heteroatoms. The van der Waals surface area contributed by atoms with Gasteiger partial charge in [-0.25, -0.2) is 4.79 Å². The summed E-state index contributed by atoms with van der Waals surface area (Å²) in [6.45, 7) is 0. The van der Waals surface area contributed by atoms with Crippen LogP contribution in [0.3, 0.4) is 0 Å². The van der Waals surface area contributed by atoms with Crippen molar-refractivity contribution in [3.05, 3.63) is 47.7 Å². The van der Waals surface area contributed by atoms with Crippen molar-refractivity contribution >= 4 is 17.7 Å². The second-order valence-corrected chi connectivity index (χ2v) is 4.61. The van der Waals surface area contributed by atoms with Gasteiger partial charge in [0, 0.05) is 24.9 Å². The van der Waals surface area contributed by atoms with Crippen LogP contribution in [0.5, 0.6) is 0 Å². The first-order valence-electron chi connectivity index (χ1n) is 6.23. The third-order valence-corrected chi connectivity index (χ3v) is 3.13. The van der Waals surface area contributed by atoms with Crippen LogP contribution in [0.1, 0.15) is 28.4 Å². The number of hydrogen-bond acceptors (Lipinski definition) is 4. The van der Waals surface area contributed by atoms with E-state index in [4.69, 9.17) is 4.74 Å². The van der Waals surface area contributed by atoms with E-state index in [2.05, 4.69) is 10.4 Å². The number of benzene rings is 1. The number of cyclic esters (lactones) is 1. The summed E-state index contributed by atoms with van der Waals surface area (Å²) in [6.07, 6.45) is 1.29. The molecule has 20 heavy (non-hydrogen) atoms. The highest BCUT2D eigenvalue weighted by atomic mass is 16.5. The van der Waals surface area contributed by atoms with Gasteiger partial charge in [0.15, 0.2) is 5.82 Å². The standard InChI is InChI=1S/C14H13N3O3/c1-17-7-6-12(16-17)15-13(18)8-11-9-4-2-3-5-10(9)14(19)20-11/h2-7,11H,8H2,1H3,(H,15,16,18)/t11-/m0/s1. The molecule has 0 spiro atoms. The number of nitrogens with zero attached hydrogens (tertiary/aromatic N) is 2. The van der Waals surface area contributed by atoms with E-state index in [1.165, 1.54) is 0 Å². The Balaban J connectivity index is 1.70. The summed E-state index contributed by atoms with van der Waals surface area (Å²) in [5, 5.41) is 6.73. The fraction of sp³-hybridized carbons (Fsp3) is 0.214. The normalized spacial score (nSPS) is 16.6. The maximum atomic E-state index is 11.9. The number of esters is 1. The molecular weight excluding hydrogens is 258 g/mol. The van der Waals surface area contributed by atoms with Gasteiger partial charge in [-0.05, 0) is 6.07 Å². The monoisotopic (exact) mass is 271 g/mol. The lowest BCUT2D eigenvalue weighted by atomic mass is 10.0. The molecule has 1 aliphatic rings. The van der Waals surface area contributed by atoms with E-state index in [1.54, 1.807) is 42.2 Å². The van der Waals surface area contributed by atoms with Gasteiger partial charge in [0.1, 0.15) is 6.10 Å².